The second-order valence-corrected chi connectivity index (χ2v) is 6.37. The Morgan fingerprint density at radius 3 is 2.52 bits per heavy atom. The number of hydrogen-bond donors (Lipinski definition) is 2. The Labute approximate surface area is 147 Å². The number of aryl methyl sites for hydroxylation is 1. The molecule has 1 aromatic carbocycles. The molecule has 1 heterocycles. The van der Waals surface area contributed by atoms with Gasteiger partial charge in [-0.15, -0.1) is 0 Å². The molecule has 134 valence electrons. The Balaban J connectivity index is 2.35. The van der Waals surface area contributed by atoms with Crippen LogP contribution in [0.3, 0.4) is 0 Å². The first-order chi connectivity index (χ1) is 11.9. The zero-order chi connectivity index (χ0) is 18.6. The van der Waals surface area contributed by atoms with Crippen molar-refractivity contribution in [3.8, 4) is 0 Å². The van der Waals surface area contributed by atoms with Crippen LogP contribution in [-0.2, 0) is 9.59 Å². The summed E-state index contributed by atoms with van der Waals surface area (Å²) >= 11 is 0. The minimum atomic E-state index is -1.06. The molecule has 1 saturated heterocycles. The Morgan fingerprint density at radius 1 is 1.24 bits per heavy atom. The number of nitrogens with zero attached hydrogens (tertiary/aromatic N) is 2. The second-order valence-electron chi connectivity index (χ2n) is 6.37. The summed E-state index contributed by atoms with van der Waals surface area (Å²) in [5, 5.41) is 2.29. The molecule has 0 aromatic heterocycles. The molecule has 1 aliphatic rings. The number of benzene rings is 1. The molecular formula is C18H25N4O3+. The molecule has 1 aliphatic heterocycles. The van der Waals surface area contributed by atoms with E-state index in [9.17, 15) is 14.4 Å². The number of carbonyl (C=O) groups is 3. The third-order valence-corrected chi connectivity index (χ3v) is 4.14. The van der Waals surface area contributed by atoms with E-state index in [-0.39, 0.29) is 0 Å². The van der Waals surface area contributed by atoms with Crippen LogP contribution in [0.2, 0.25) is 0 Å². The Bertz CT molecular complexity index is 712. The van der Waals surface area contributed by atoms with E-state index in [1.165, 1.54) is 4.90 Å². The number of carbonyl (C=O) groups excluding carboxylic acids is 3. The van der Waals surface area contributed by atoms with Gasteiger partial charge in [0.15, 0.2) is 5.92 Å². The summed E-state index contributed by atoms with van der Waals surface area (Å²) in [5.41, 5.74) is 1.77. The summed E-state index contributed by atoms with van der Waals surface area (Å²) in [4.78, 5) is 44.3. The maximum atomic E-state index is 13.0. The monoisotopic (exact) mass is 345 g/mol. The molecule has 1 aromatic rings. The first kappa shape index (κ1) is 18.8. The number of barbiturate groups is 1. The summed E-state index contributed by atoms with van der Waals surface area (Å²) < 4.78 is 0. The van der Waals surface area contributed by atoms with Crippen LogP contribution in [0, 0.1) is 12.8 Å². The lowest BCUT2D eigenvalue weighted by atomic mass is 9.95. The number of imide groups is 2. The van der Waals surface area contributed by atoms with Crippen LogP contribution in [0.25, 0.3) is 0 Å². The Morgan fingerprint density at radius 2 is 1.92 bits per heavy atom. The Kier molecular flexibility index (Phi) is 6.03. The van der Waals surface area contributed by atoms with Crippen molar-refractivity contribution in [3.05, 3.63) is 29.8 Å². The predicted octanol–water partition coefficient (Wildman–Crippen LogP) is 0.190. The topological polar surface area (TPSA) is 83.3 Å². The van der Waals surface area contributed by atoms with Crippen LogP contribution in [0.15, 0.2) is 29.3 Å². The van der Waals surface area contributed by atoms with E-state index in [1.54, 1.807) is 12.1 Å². The highest BCUT2D eigenvalue weighted by Gasteiger charge is 2.43. The minimum absolute atomic E-state index is 0.475. The largest absolute Gasteiger partial charge is 0.338 e. The molecule has 7 heteroatoms. The molecule has 0 spiro atoms. The smallest absolute Gasteiger partial charge is 0.335 e. The van der Waals surface area contributed by atoms with Crippen molar-refractivity contribution in [2.45, 2.75) is 20.3 Å². The second kappa shape index (κ2) is 8.02. The predicted molar refractivity (Wildman–Crippen MR) is 96.0 cm³/mol. The fourth-order valence-corrected chi connectivity index (χ4v) is 2.74. The molecule has 0 bridgehead atoms. The molecule has 0 saturated carbocycles. The van der Waals surface area contributed by atoms with E-state index in [0.29, 0.717) is 24.4 Å². The number of nitrogens with one attached hydrogen (secondary N) is 2. The fraction of sp³-hybridized carbons (Fsp3) is 0.444. The maximum Gasteiger partial charge on any atom is 0.335 e. The minimum Gasteiger partial charge on any atom is -0.338 e. The number of anilines is 1. The van der Waals surface area contributed by atoms with E-state index in [4.69, 9.17) is 0 Å². The third-order valence-electron chi connectivity index (χ3n) is 4.14. The van der Waals surface area contributed by atoms with Crippen LogP contribution in [-0.4, -0.2) is 50.7 Å². The van der Waals surface area contributed by atoms with Gasteiger partial charge in [0.2, 0.25) is 5.91 Å². The van der Waals surface area contributed by atoms with Gasteiger partial charge in [0, 0.05) is 5.71 Å². The highest BCUT2D eigenvalue weighted by molar-refractivity contribution is 6.35. The molecular weight excluding hydrogens is 320 g/mol. The van der Waals surface area contributed by atoms with Crippen molar-refractivity contribution in [1.82, 2.24) is 5.32 Å². The standard InChI is InChI=1S/C18H24N4O3/c1-5-13(19-10-11-21(3)4)15-16(23)20-18(25)22(17(15)24)14-9-7-6-8-12(14)2/h6-9,15H,5,10-11H2,1-4H3,(H,20,23,25)/p+1. The summed E-state index contributed by atoms with van der Waals surface area (Å²) in [6, 6.07) is 6.38. The first-order valence-corrected chi connectivity index (χ1v) is 8.43. The summed E-state index contributed by atoms with van der Waals surface area (Å²) in [6.45, 7) is 5.00. The average molecular weight is 345 g/mol. The number of urea groups is 1. The molecule has 4 amide bonds. The zero-order valence-electron chi connectivity index (χ0n) is 15.1. The van der Waals surface area contributed by atoms with Crippen molar-refractivity contribution < 1.29 is 19.3 Å². The summed E-state index contributed by atoms with van der Waals surface area (Å²) in [7, 11) is 4.02. The SMILES string of the molecule is CCC(=NCC[NH+](C)C)C1C(=O)NC(=O)N(c2ccccc2C)C1=O. The number of likely N-dealkylation sites (N-methyl/N-ethyl adjacent to an activating group) is 1. The van der Waals surface area contributed by atoms with Gasteiger partial charge in [-0.1, -0.05) is 25.1 Å². The molecule has 1 unspecified atom stereocenters. The van der Waals surface area contributed by atoms with E-state index in [1.807, 2.05) is 40.1 Å². The highest BCUT2D eigenvalue weighted by Crippen LogP contribution is 2.25. The molecule has 2 N–H and O–H groups in total. The molecule has 0 radical (unpaired) electrons. The highest BCUT2D eigenvalue weighted by atomic mass is 16.2. The molecule has 7 nitrogen and oxygen atoms in total. The maximum absolute atomic E-state index is 13.0. The fourth-order valence-electron chi connectivity index (χ4n) is 2.74. The number of rotatable bonds is 6. The third kappa shape index (κ3) is 4.11. The van der Waals surface area contributed by atoms with Crippen molar-refractivity contribution in [1.29, 1.82) is 0 Å². The average Bonchev–Trinajstić information content (AvgIpc) is 2.54. The zero-order valence-corrected chi connectivity index (χ0v) is 15.1. The van der Waals surface area contributed by atoms with Crippen LogP contribution >= 0.6 is 0 Å². The van der Waals surface area contributed by atoms with Crippen molar-refractivity contribution >= 4 is 29.2 Å². The molecule has 0 aliphatic carbocycles. The van der Waals surface area contributed by atoms with Crippen molar-refractivity contribution in [3.63, 3.8) is 0 Å². The number of para-hydroxylation sites is 1. The molecule has 1 atom stereocenters. The lowest BCUT2D eigenvalue weighted by Gasteiger charge is -2.31. The first-order valence-electron chi connectivity index (χ1n) is 8.43. The van der Waals surface area contributed by atoms with Gasteiger partial charge < -0.3 is 4.90 Å². The number of amides is 4. The lowest BCUT2D eigenvalue weighted by Crippen LogP contribution is -3.06. The van der Waals surface area contributed by atoms with Gasteiger partial charge >= 0.3 is 6.03 Å². The summed E-state index contributed by atoms with van der Waals surface area (Å²) in [6.07, 6.45) is 0.475. The van der Waals surface area contributed by atoms with E-state index in [2.05, 4.69) is 10.3 Å². The van der Waals surface area contributed by atoms with Crippen molar-refractivity contribution in [2.24, 2.45) is 10.9 Å². The van der Waals surface area contributed by atoms with Crippen LogP contribution in [0.1, 0.15) is 18.9 Å². The number of hydrogen-bond acceptors (Lipinski definition) is 4. The van der Waals surface area contributed by atoms with E-state index in [0.717, 1.165) is 17.0 Å². The van der Waals surface area contributed by atoms with Gasteiger partial charge in [-0.3, -0.25) is 19.9 Å². The quantitative estimate of drug-likeness (QED) is 0.570. The van der Waals surface area contributed by atoms with Gasteiger partial charge in [-0.05, 0) is 25.0 Å². The van der Waals surface area contributed by atoms with Crippen LogP contribution in [0.5, 0.6) is 0 Å². The van der Waals surface area contributed by atoms with Gasteiger partial charge in [-0.25, -0.2) is 9.69 Å². The molecule has 25 heavy (non-hydrogen) atoms. The Hall–Kier alpha value is -2.54. The molecule has 1 fully saturated rings. The van der Waals surface area contributed by atoms with E-state index >= 15 is 0 Å². The van der Waals surface area contributed by atoms with Crippen LogP contribution in [0.4, 0.5) is 10.5 Å². The number of quaternary nitrogens is 1. The van der Waals surface area contributed by atoms with Gasteiger partial charge in [0.05, 0.1) is 32.9 Å². The van der Waals surface area contributed by atoms with Crippen LogP contribution < -0.4 is 15.1 Å². The summed E-state index contributed by atoms with van der Waals surface area (Å²) in [5.74, 6) is -2.20. The van der Waals surface area contributed by atoms with Crippen molar-refractivity contribution in [2.75, 3.05) is 32.1 Å². The number of aliphatic imine (C=N–C) groups is 1. The normalized spacial score (nSPS) is 18.8. The van der Waals surface area contributed by atoms with Gasteiger partial charge in [-0.2, -0.15) is 0 Å². The lowest BCUT2D eigenvalue weighted by molar-refractivity contribution is -0.856. The molecule has 2 rings (SSSR count). The van der Waals surface area contributed by atoms with Gasteiger partial charge in [0.25, 0.3) is 5.91 Å². The van der Waals surface area contributed by atoms with Gasteiger partial charge in [0.1, 0.15) is 0 Å². The van der Waals surface area contributed by atoms with E-state index < -0.39 is 23.8 Å².